The molecule has 90 valence electrons. The van der Waals surface area contributed by atoms with Crippen LogP contribution in [0.4, 0.5) is 5.69 Å². The molecule has 2 rings (SSSR count). The molecular formula is C13H17N3S. The standard InChI is InChI=1S/C13H17N3S/c1-3-17-9-10(2)15-13-8-14-16-12-7-5-4-6-11(12)13/h4-8,10H,3,9H2,1-2H3,(H,15,16). The Morgan fingerprint density at radius 1 is 1.35 bits per heavy atom. The van der Waals surface area contributed by atoms with E-state index < -0.39 is 0 Å². The van der Waals surface area contributed by atoms with Gasteiger partial charge in [-0.3, -0.25) is 0 Å². The summed E-state index contributed by atoms with van der Waals surface area (Å²) in [6, 6.07) is 8.51. The molecule has 0 radical (unpaired) electrons. The van der Waals surface area contributed by atoms with E-state index in [0.29, 0.717) is 6.04 Å². The summed E-state index contributed by atoms with van der Waals surface area (Å²) in [7, 11) is 0. The first-order valence-electron chi connectivity index (χ1n) is 5.86. The van der Waals surface area contributed by atoms with Crippen molar-refractivity contribution in [2.24, 2.45) is 0 Å². The molecule has 1 heterocycles. The average molecular weight is 247 g/mol. The quantitative estimate of drug-likeness (QED) is 0.880. The number of anilines is 1. The maximum absolute atomic E-state index is 4.12. The Bertz CT molecular complexity index is 482. The molecule has 0 aliphatic heterocycles. The van der Waals surface area contributed by atoms with E-state index in [1.165, 1.54) is 0 Å². The van der Waals surface area contributed by atoms with Gasteiger partial charge in [0, 0.05) is 17.2 Å². The molecule has 0 spiro atoms. The Balaban J connectivity index is 2.18. The minimum absolute atomic E-state index is 0.438. The maximum atomic E-state index is 4.12. The van der Waals surface area contributed by atoms with Crippen LogP contribution in [0.5, 0.6) is 0 Å². The zero-order valence-electron chi connectivity index (χ0n) is 10.2. The molecule has 0 aliphatic rings. The minimum Gasteiger partial charge on any atom is -0.380 e. The van der Waals surface area contributed by atoms with Crippen molar-refractivity contribution in [3.8, 4) is 0 Å². The lowest BCUT2D eigenvalue weighted by atomic mass is 10.2. The molecule has 0 bridgehead atoms. The molecule has 17 heavy (non-hydrogen) atoms. The summed E-state index contributed by atoms with van der Waals surface area (Å²) in [5.74, 6) is 2.26. The largest absolute Gasteiger partial charge is 0.380 e. The zero-order chi connectivity index (χ0) is 12.1. The van der Waals surface area contributed by atoms with E-state index in [4.69, 9.17) is 0 Å². The molecule has 1 unspecified atom stereocenters. The first-order valence-corrected chi connectivity index (χ1v) is 7.01. The molecule has 0 saturated carbocycles. The number of hydrogen-bond donors (Lipinski definition) is 1. The lowest BCUT2D eigenvalue weighted by Crippen LogP contribution is -2.18. The molecule has 1 N–H and O–H groups in total. The van der Waals surface area contributed by atoms with E-state index >= 15 is 0 Å². The molecule has 0 saturated heterocycles. The number of benzene rings is 1. The van der Waals surface area contributed by atoms with Crippen LogP contribution in [0, 0.1) is 0 Å². The Hall–Kier alpha value is -1.29. The molecule has 2 aromatic rings. The van der Waals surface area contributed by atoms with Gasteiger partial charge in [0.15, 0.2) is 0 Å². The summed E-state index contributed by atoms with van der Waals surface area (Å²) in [6.07, 6.45) is 1.80. The third-order valence-electron chi connectivity index (χ3n) is 2.52. The summed E-state index contributed by atoms with van der Waals surface area (Å²) in [4.78, 5) is 0. The van der Waals surface area contributed by atoms with Crippen LogP contribution in [0.25, 0.3) is 10.9 Å². The van der Waals surface area contributed by atoms with Crippen molar-refractivity contribution in [3.63, 3.8) is 0 Å². The van der Waals surface area contributed by atoms with Crippen LogP contribution in [-0.2, 0) is 0 Å². The molecular weight excluding hydrogens is 230 g/mol. The molecule has 0 amide bonds. The van der Waals surface area contributed by atoms with E-state index in [2.05, 4.69) is 35.4 Å². The van der Waals surface area contributed by atoms with Gasteiger partial charge in [0.05, 0.1) is 17.4 Å². The van der Waals surface area contributed by atoms with Crippen LogP contribution < -0.4 is 5.32 Å². The second-order valence-corrected chi connectivity index (χ2v) is 5.30. The molecule has 0 aliphatic carbocycles. The predicted octanol–water partition coefficient (Wildman–Crippen LogP) is 3.18. The monoisotopic (exact) mass is 247 g/mol. The fourth-order valence-electron chi connectivity index (χ4n) is 1.72. The summed E-state index contributed by atoms with van der Waals surface area (Å²) < 4.78 is 0. The van der Waals surface area contributed by atoms with Crippen molar-refractivity contribution in [1.29, 1.82) is 0 Å². The van der Waals surface area contributed by atoms with Gasteiger partial charge in [-0.1, -0.05) is 25.1 Å². The number of thioether (sulfide) groups is 1. The lowest BCUT2D eigenvalue weighted by molar-refractivity contribution is 0.910. The summed E-state index contributed by atoms with van der Waals surface area (Å²) in [6.45, 7) is 4.37. The molecule has 1 atom stereocenters. The molecule has 1 aromatic carbocycles. The van der Waals surface area contributed by atoms with Crippen LogP contribution >= 0.6 is 11.8 Å². The highest BCUT2D eigenvalue weighted by atomic mass is 32.2. The van der Waals surface area contributed by atoms with Gasteiger partial charge in [-0.15, -0.1) is 0 Å². The Kier molecular flexibility index (Phi) is 4.20. The van der Waals surface area contributed by atoms with E-state index in [1.807, 2.05) is 30.0 Å². The number of fused-ring (bicyclic) bond motifs is 1. The van der Waals surface area contributed by atoms with Gasteiger partial charge in [-0.05, 0) is 18.7 Å². The van der Waals surface area contributed by atoms with Crippen molar-refractivity contribution in [2.75, 3.05) is 16.8 Å². The van der Waals surface area contributed by atoms with Crippen molar-refractivity contribution in [3.05, 3.63) is 30.5 Å². The number of nitrogens with zero attached hydrogens (tertiary/aromatic N) is 2. The fourth-order valence-corrected chi connectivity index (χ4v) is 2.40. The highest BCUT2D eigenvalue weighted by Gasteiger charge is 2.05. The molecule has 0 fully saturated rings. The molecule has 1 aromatic heterocycles. The second kappa shape index (κ2) is 5.87. The topological polar surface area (TPSA) is 37.8 Å². The number of hydrogen-bond acceptors (Lipinski definition) is 4. The Labute approximate surface area is 106 Å². The smallest absolute Gasteiger partial charge is 0.0950 e. The van der Waals surface area contributed by atoms with Gasteiger partial charge < -0.3 is 5.32 Å². The second-order valence-electron chi connectivity index (χ2n) is 3.98. The van der Waals surface area contributed by atoms with Crippen molar-refractivity contribution in [1.82, 2.24) is 10.2 Å². The minimum atomic E-state index is 0.438. The predicted molar refractivity (Wildman–Crippen MR) is 75.6 cm³/mol. The van der Waals surface area contributed by atoms with E-state index in [9.17, 15) is 0 Å². The first-order chi connectivity index (χ1) is 8.31. The number of rotatable bonds is 5. The van der Waals surface area contributed by atoms with Crippen molar-refractivity contribution < 1.29 is 0 Å². The van der Waals surface area contributed by atoms with Crippen LogP contribution in [-0.4, -0.2) is 27.7 Å². The Morgan fingerprint density at radius 3 is 3.00 bits per heavy atom. The first kappa shape index (κ1) is 12.2. The summed E-state index contributed by atoms with van der Waals surface area (Å²) >= 11 is 1.94. The van der Waals surface area contributed by atoms with Gasteiger partial charge in [0.25, 0.3) is 0 Å². The van der Waals surface area contributed by atoms with Gasteiger partial charge in [-0.2, -0.15) is 22.0 Å². The van der Waals surface area contributed by atoms with Crippen LogP contribution in [0.15, 0.2) is 30.5 Å². The highest BCUT2D eigenvalue weighted by molar-refractivity contribution is 7.99. The van der Waals surface area contributed by atoms with Gasteiger partial charge >= 0.3 is 0 Å². The van der Waals surface area contributed by atoms with Crippen molar-refractivity contribution in [2.45, 2.75) is 19.9 Å². The van der Waals surface area contributed by atoms with Gasteiger partial charge in [0.2, 0.25) is 0 Å². The van der Waals surface area contributed by atoms with Gasteiger partial charge in [-0.25, -0.2) is 0 Å². The SMILES string of the molecule is CCSCC(C)Nc1cnnc2ccccc12. The van der Waals surface area contributed by atoms with Crippen LogP contribution in [0.3, 0.4) is 0 Å². The lowest BCUT2D eigenvalue weighted by Gasteiger charge is -2.15. The van der Waals surface area contributed by atoms with Gasteiger partial charge in [0.1, 0.15) is 0 Å². The van der Waals surface area contributed by atoms with Crippen molar-refractivity contribution >= 4 is 28.4 Å². The Morgan fingerprint density at radius 2 is 2.18 bits per heavy atom. The molecule has 4 heteroatoms. The maximum Gasteiger partial charge on any atom is 0.0950 e. The fraction of sp³-hybridized carbons (Fsp3) is 0.385. The van der Waals surface area contributed by atoms with Crippen LogP contribution in [0.1, 0.15) is 13.8 Å². The number of nitrogens with one attached hydrogen (secondary N) is 1. The van der Waals surface area contributed by atoms with E-state index in [-0.39, 0.29) is 0 Å². The third kappa shape index (κ3) is 3.09. The van der Waals surface area contributed by atoms with E-state index in [1.54, 1.807) is 6.20 Å². The van der Waals surface area contributed by atoms with Crippen LogP contribution in [0.2, 0.25) is 0 Å². The van der Waals surface area contributed by atoms with E-state index in [0.717, 1.165) is 28.1 Å². The third-order valence-corrected chi connectivity index (χ3v) is 3.66. The highest BCUT2D eigenvalue weighted by Crippen LogP contribution is 2.21. The number of aromatic nitrogens is 2. The zero-order valence-corrected chi connectivity index (χ0v) is 11.0. The normalized spacial score (nSPS) is 12.6. The molecule has 3 nitrogen and oxygen atoms in total. The summed E-state index contributed by atoms with van der Waals surface area (Å²) in [5.41, 5.74) is 2.01. The summed E-state index contributed by atoms with van der Waals surface area (Å²) in [5, 5.41) is 12.8. The average Bonchev–Trinajstić information content (AvgIpc) is 2.37.